The molecule has 1 aliphatic rings. The normalized spacial score (nSPS) is 18.8. The van der Waals surface area contributed by atoms with Crippen molar-refractivity contribution in [2.45, 2.75) is 6.17 Å². The highest BCUT2D eigenvalue weighted by molar-refractivity contribution is 6.01. The van der Waals surface area contributed by atoms with Gasteiger partial charge in [-0.15, -0.1) is 0 Å². The molecule has 4 heteroatoms. The van der Waals surface area contributed by atoms with Crippen LogP contribution >= 0.6 is 0 Å². The number of amides is 1. The Morgan fingerprint density at radius 2 is 2.12 bits per heavy atom. The van der Waals surface area contributed by atoms with Crippen LogP contribution in [0.2, 0.25) is 0 Å². The summed E-state index contributed by atoms with van der Waals surface area (Å²) in [6.45, 7) is 0. The number of rotatable bonds is 1. The number of furan rings is 1. The third kappa shape index (κ3) is 1.49. The summed E-state index contributed by atoms with van der Waals surface area (Å²) in [7, 11) is 1.95. The molecule has 0 radical (unpaired) electrons. The minimum atomic E-state index is -0.170. The molecule has 0 bridgehead atoms. The molecule has 1 N–H and O–H groups in total. The Morgan fingerprint density at radius 3 is 2.88 bits per heavy atom. The highest BCUT2D eigenvalue weighted by Gasteiger charge is 2.29. The van der Waals surface area contributed by atoms with Gasteiger partial charge >= 0.3 is 0 Å². The van der Waals surface area contributed by atoms with Crippen molar-refractivity contribution in [1.29, 1.82) is 0 Å². The molecule has 1 atom stereocenters. The summed E-state index contributed by atoms with van der Waals surface area (Å²) in [5.41, 5.74) is 2.58. The van der Waals surface area contributed by atoms with Crippen molar-refractivity contribution in [3.8, 4) is 0 Å². The molecule has 86 valence electrons. The lowest BCUT2D eigenvalue weighted by atomic mass is 10.1. The summed E-state index contributed by atoms with van der Waals surface area (Å²) in [6.07, 6.45) is 3.08. The largest absolute Gasteiger partial charge is 0.472 e. The van der Waals surface area contributed by atoms with Gasteiger partial charge in [-0.1, -0.05) is 12.1 Å². The van der Waals surface area contributed by atoms with Gasteiger partial charge in [-0.2, -0.15) is 0 Å². The van der Waals surface area contributed by atoms with E-state index in [1.165, 1.54) is 0 Å². The average molecular weight is 228 g/mol. The van der Waals surface area contributed by atoms with Crippen LogP contribution in [0.1, 0.15) is 22.1 Å². The summed E-state index contributed by atoms with van der Waals surface area (Å²) in [5, 5.41) is 2.95. The molecule has 1 aliphatic heterocycles. The molecule has 1 aromatic carbocycles. The molecule has 0 fully saturated rings. The standard InChI is InChI=1S/C13H12N2O2/c1-15-11-5-3-2-4-10(11)13(16)14-12(15)9-6-7-17-8-9/h2-8,12H,1H3,(H,14,16). The summed E-state index contributed by atoms with van der Waals surface area (Å²) in [4.78, 5) is 14.0. The van der Waals surface area contributed by atoms with Gasteiger partial charge in [-0.25, -0.2) is 0 Å². The van der Waals surface area contributed by atoms with E-state index in [9.17, 15) is 4.79 Å². The van der Waals surface area contributed by atoms with Gasteiger partial charge in [0.2, 0.25) is 0 Å². The van der Waals surface area contributed by atoms with Crippen molar-refractivity contribution in [1.82, 2.24) is 5.32 Å². The maximum Gasteiger partial charge on any atom is 0.255 e. The number of hydrogen-bond donors (Lipinski definition) is 1. The quantitative estimate of drug-likeness (QED) is 0.813. The van der Waals surface area contributed by atoms with Crippen molar-refractivity contribution < 1.29 is 9.21 Å². The summed E-state index contributed by atoms with van der Waals surface area (Å²) in [5.74, 6) is -0.0510. The second-order valence-electron chi connectivity index (χ2n) is 4.06. The van der Waals surface area contributed by atoms with Crippen LogP contribution in [-0.4, -0.2) is 13.0 Å². The molecule has 1 amide bonds. The molecule has 3 rings (SSSR count). The molecular weight excluding hydrogens is 216 g/mol. The molecule has 0 aliphatic carbocycles. The van der Waals surface area contributed by atoms with Crippen LogP contribution in [0, 0.1) is 0 Å². The number of nitrogens with one attached hydrogen (secondary N) is 1. The van der Waals surface area contributed by atoms with Crippen molar-refractivity contribution in [2.24, 2.45) is 0 Å². The maximum atomic E-state index is 12.0. The third-order valence-electron chi connectivity index (χ3n) is 3.04. The molecule has 1 unspecified atom stereocenters. The number of carbonyl (C=O) groups is 1. The minimum absolute atomic E-state index is 0.0510. The van der Waals surface area contributed by atoms with E-state index in [0.717, 1.165) is 11.3 Å². The molecule has 1 aromatic heterocycles. The lowest BCUT2D eigenvalue weighted by molar-refractivity contribution is 0.0928. The minimum Gasteiger partial charge on any atom is -0.472 e. The first-order valence-electron chi connectivity index (χ1n) is 5.42. The smallest absolute Gasteiger partial charge is 0.255 e. The van der Waals surface area contributed by atoms with Crippen LogP contribution in [0.15, 0.2) is 47.3 Å². The van der Waals surface area contributed by atoms with Crippen LogP contribution in [0.4, 0.5) is 5.69 Å². The lowest BCUT2D eigenvalue weighted by Crippen LogP contribution is -2.44. The van der Waals surface area contributed by atoms with Crippen molar-refractivity contribution in [3.05, 3.63) is 54.0 Å². The van der Waals surface area contributed by atoms with E-state index in [2.05, 4.69) is 5.32 Å². The van der Waals surface area contributed by atoms with E-state index in [-0.39, 0.29) is 12.1 Å². The molecule has 0 spiro atoms. The van der Waals surface area contributed by atoms with Gasteiger partial charge in [-0.3, -0.25) is 4.79 Å². The average Bonchev–Trinajstić information content (AvgIpc) is 2.87. The number of nitrogens with zero attached hydrogens (tertiary/aromatic N) is 1. The monoisotopic (exact) mass is 228 g/mol. The van der Waals surface area contributed by atoms with Crippen LogP contribution < -0.4 is 10.2 Å². The highest BCUT2D eigenvalue weighted by atomic mass is 16.3. The second-order valence-corrected chi connectivity index (χ2v) is 4.06. The number of hydrogen-bond acceptors (Lipinski definition) is 3. The van der Waals surface area contributed by atoms with Gasteiger partial charge in [0.05, 0.1) is 23.8 Å². The second kappa shape index (κ2) is 3.66. The first-order chi connectivity index (χ1) is 8.27. The van der Waals surface area contributed by atoms with E-state index >= 15 is 0 Å². The first-order valence-corrected chi connectivity index (χ1v) is 5.42. The van der Waals surface area contributed by atoms with E-state index in [1.807, 2.05) is 42.3 Å². The summed E-state index contributed by atoms with van der Waals surface area (Å²) in [6, 6.07) is 9.42. The zero-order chi connectivity index (χ0) is 11.8. The number of fused-ring (bicyclic) bond motifs is 1. The Balaban J connectivity index is 2.06. The van der Waals surface area contributed by atoms with E-state index in [1.54, 1.807) is 12.5 Å². The molecular formula is C13H12N2O2. The van der Waals surface area contributed by atoms with Crippen molar-refractivity contribution in [3.63, 3.8) is 0 Å². The van der Waals surface area contributed by atoms with E-state index < -0.39 is 0 Å². The third-order valence-corrected chi connectivity index (χ3v) is 3.04. The van der Waals surface area contributed by atoms with E-state index in [4.69, 9.17) is 4.42 Å². The number of benzene rings is 1. The van der Waals surface area contributed by atoms with Crippen LogP contribution in [0.5, 0.6) is 0 Å². The molecule has 2 aromatic rings. The van der Waals surface area contributed by atoms with Gasteiger partial charge in [0, 0.05) is 12.6 Å². The molecule has 4 nitrogen and oxygen atoms in total. The van der Waals surface area contributed by atoms with Crippen molar-refractivity contribution >= 4 is 11.6 Å². The van der Waals surface area contributed by atoms with E-state index in [0.29, 0.717) is 5.56 Å². The molecule has 17 heavy (non-hydrogen) atoms. The fourth-order valence-corrected chi connectivity index (χ4v) is 2.15. The fraction of sp³-hybridized carbons (Fsp3) is 0.154. The zero-order valence-electron chi connectivity index (χ0n) is 9.38. The Labute approximate surface area is 98.8 Å². The van der Waals surface area contributed by atoms with Gasteiger partial charge < -0.3 is 14.6 Å². The Bertz CT molecular complexity index is 548. The van der Waals surface area contributed by atoms with Gasteiger partial charge in [-0.05, 0) is 18.2 Å². The molecule has 0 saturated heterocycles. The number of para-hydroxylation sites is 1. The van der Waals surface area contributed by atoms with Crippen molar-refractivity contribution in [2.75, 3.05) is 11.9 Å². The molecule has 2 heterocycles. The van der Waals surface area contributed by atoms with Crippen LogP contribution in [0.3, 0.4) is 0 Å². The van der Waals surface area contributed by atoms with Gasteiger partial charge in [0.15, 0.2) is 0 Å². The topological polar surface area (TPSA) is 45.5 Å². The first kappa shape index (κ1) is 9.96. The Morgan fingerprint density at radius 1 is 1.29 bits per heavy atom. The number of anilines is 1. The predicted molar refractivity (Wildman–Crippen MR) is 63.8 cm³/mol. The zero-order valence-corrected chi connectivity index (χ0v) is 9.38. The van der Waals surface area contributed by atoms with Crippen LogP contribution in [0.25, 0.3) is 0 Å². The van der Waals surface area contributed by atoms with Crippen LogP contribution in [-0.2, 0) is 0 Å². The lowest BCUT2D eigenvalue weighted by Gasteiger charge is -2.35. The summed E-state index contributed by atoms with van der Waals surface area (Å²) < 4.78 is 5.06. The maximum absolute atomic E-state index is 12.0. The fourth-order valence-electron chi connectivity index (χ4n) is 2.15. The van der Waals surface area contributed by atoms with Gasteiger partial charge in [0.25, 0.3) is 5.91 Å². The van der Waals surface area contributed by atoms with Gasteiger partial charge in [0.1, 0.15) is 6.17 Å². The molecule has 0 saturated carbocycles. The Kier molecular flexibility index (Phi) is 2.14. The Hall–Kier alpha value is -2.23. The predicted octanol–water partition coefficient (Wildman–Crippen LogP) is 2.16. The number of carbonyl (C=O) groups excluding carboxylic acids is 1. The summed E-state index contributed by atoms with van der Waals surface area (Å²) >= 11 is 0. The highest BCUT2D eigenvalue weighted by Crippen LogP contribution is 2.31. The SMILES string of the molecule is CN1c2ccccc2C(=O)NC1c1ccoc1.